The van der Waals surface area contributed by atoms with Crippen molar-refractivity contribution in [1.82, 2.24) is 15.3 Å². The fourth-order valence-corrected chi connectivity index (χ4v) is 5.55. The Morgan fingerprint density at radius 1 is 1.15 bits per heavy atom. The molecule has 1 aromatic carbocycles. The Bertz CT molecular complexity index is 925. The molecular weight excluding hydrogens is 394 g/mol. The van der Waals surface area contributed by atoms with E-state index in [1.807, 2.05) is 24.8 Å². The molecule has 0 fully saturated rings. The Kier molecular flexibility index (Phi) is 7.15. The number of carbonyl (C=O) groups excluding carboxylic acids is 1. The highest BCUT2D eigenvalue weighted by molar-refractivity contribution is 8.00. The summed E-state index contributed by atoms with van der Waals surface area (Å²) in [5.74, 6) is 3.06. The molecule has 2 heterocycles. The van der Waals surface area contributed by atoms with Crippen LogP contribution in [-0.4, -0.2) is 33.9 Å². The van der Waals surface area contributed by atoms with E-state index < -0.39 is 0 Å². The Hall–Kier alpha value is -1.57. The summed E-state index contributed by atoms with van der Waals surface area (Å²) in [7, 11) is 0. The van der Waals surface area contributed by atoms with Crippen molar-refractivity contribution in [3.63, 3.8) is 0 Å². The summed E-state index contributed by atoms with van der Waals surface area (Å²) in [5.41, 5.74) is 2.53. The van der Waals surface area contributed by atoms with Gasteiger partial charge in [0.1, 0.15) is 15.7 Å². The third-order valence-corrected chi connectivity index (χ3v) is 7.23. The van der Waals surface area contributed by atoms with E-state index in [-0.39, 0.29) is 5.91 Å². The highest BCUT2D eigenvalue weighted by atomic mass is 32.2. The standard InChI is InChI=1S/C20H23N3OS3/c1-13-14(2)27-20-18(13)19(22-15(3)23-20)26-12-17(24)21-9-10-25-11-16-7-5-4-6-8-16/h4-8H,9-12H2,1-3H3,(H,21,24). The number of nitrogens with zero attached hydrogens (tertiary/aromatic N) is 2. The molecule has 0 saturated heterocycles. The minimum absolute atomic E-state index is 0.0503. The van der Waals surface area contributed by atoms with Crippen LogP contribution in [0.1, 0.15) is 21.8 Å². The van der Waals surface area contributed by atoms with Gasteiger partial charge in [0.15, 0.2) is 0 Å². The lowest BCUT2D eigenvalue weighted by Crippen LogP contribution is -2.27. The summed E-state index contributed by atoms with van der Waals surface area (Å²) in [6.07, 6.45) is 0. The van der Waals surface area contributed by atoms with Crippen molar-refractivity contribution in [1.29, 1.82) is 0 Å². The van der Waals surface area contributed by atoms with E-state index in [1.54, 1.807) is 11.3 Å². The van der Waals surface area contributed by atoms with Gasteiger partial charge in [-0.25, -0.2) is 9.97 Å². The van der Waals surface area contributed by atoms with Gasteiger partial charge >= 0.3 is 0 Å². The molecule has 0 bridgehead atoms. The average molecular weight is 418 g/mol. The summed E-state index contributed by atoms with van der Waals surface area (Å²) in [6, 6.07) is 10.4. The van der Waals surface area contributed by atoms with Crippen molar-refractivity contribution < 1.29 is 4.79 Å². The highest BCUT2D eigenvalue weighted by Gasteiger charge is 2.15. The molecule has 2 aromatic heterocycles. The number of thioether (sulfide) groups is 2. The number of nitrogens with one attached hydrogen (secondary N) is 1. The van der Waals surface area contributed by atoms with Crippen LogP contribution in [0.25, 0.3) is 10.2 Å². The summed E-state index contributed by atoms with van der Waals surface area (Å²) >= 11 is 5.02. The molecule has 4 nitrogen and oxygen atoms in total. The van der Waals surface area contributed by atoms with Crippen molar-refractivity contribution in [2.24, 2.45) is 0 Å². The van der Waals surface area contributed by atoms with E-state index in [9.17, 15) is 4.79 Å². The third-order valence-electron chi connectivity index (χ3n) is 4.13. The Labute approximate surface area is 172 Å². The molecule has 0 unspecified atom stereocenters. The number of thiophene rings is 1. The normalized spacial score (nSPS) is 11.1. The van der Waals surface area contributed by atoms with Crippen LogP contribution in [0, 0.1) is 20.8 Å². The molecule has 3 aromatic rings. The van der Waals surface area contributed by atoms with Gasteiger partial charge in [-0.15, -0.1) is 11.3 Å². The monoisotopic (exact) mass is 417 g/mol. The van der Waals surface area contributed by atoms with Gasteiger partial charge in [0.25, 0.3) is 0 Å². The number of carbonyl (C=O) groups is 1. The van der Waals surface area contributed by atoms with Crippen LogP contribution >= 0.6 is 34.9 Å². The summed E-state index contributed by atoms with van der Waals surface area (Å²) in [5, 5.41) is 5.01. The molecule has 0 aliphatic heterocycles. The summed E-state index contributed by atoms with van der Waals surface area (Å²) in [4.78, 5) is 23.5. The van der Waals surface area contributed by atoms with Gasteiger partial charge in [0.2, 0.25) is 5.91 Å². The van der Waals surface area contributed by atoms with Gasteiger partial charge in [-0.2, -0.15) is 11.8 Å². The first kappa shape index (κ1) is 20.2. The number of hydrogen-bond acceptors (Lipinski definition) is 6. The van der Waals surface area contributed by atoms with Crippen molar-refractivity contribution in [3.8, 4) is 0 Å². The van der Waals surface area contributed by atoms with E-state index in [0.29, 0.717) is 12.3 Å². The Morgan fingerprint density at radius 3 is 2.70 bits per heavy atom. The summed E-state index contributed by atoms with van der Waals surface area (Å²) in [6.45, 7) is 6.79. The van der Waals surface area contributed by atoms with E-state index in [2.05, 4.69) is 53.4 Å². The number of fused-ring (bicyclic) bond motifs is 1. The van der Waals surface area contributed by atoms with Crippen LogP contribution in [0.2, 0.25) is 0 Å². The molecule has 0 aliphatic rings. The van der Waals surface area contributed by atoms with E-state index in [0.717, 1.165) is 32.6 Å². The number of aromatic nitrogens is 2. The number of aryl methyl sites for hydroxylation is 3. The van der Waals surface area contributed by atoms with Crippen molar-refractivity contribution in [3.05, 3.63) is 52.2 Å². The third kappa shape index (κ3) is 5.46. The predicted octanol–water partition coefficient (Wildman–Crippen LogP) is 4.76. The minimum atomic E-state index is 0.0503. The van der Waals surface area contributed by atoms with Crippen LogP contribution < -0.4 is 5.32 Å². The first-order valence-corrected chi connectivity index (χ1v) is 11.8. The van der Waals surface area contributed by atoms with Crippen molar-refractivity contribution in [2.45, 2.75) is 31.6 Å². The number of rotatable bonds is 8. The van der Waals surface area contributed by atoms with Crippen LogP contribution in [0.15, 0.2) is 35.4 Å². The molecule has 142 valence electrons. The fourth-order valence-electron chi connectivity index (χ4n) is 2.63. The van der Waals surface area contributed by atoms with Gasteiger partial charge in [-0.3, -0.25) is 4.79 Å². The first-order valence-electron chi connectivity index (χ1n) is 8.80. The second kappa shape index (κ2) is 9.57. The molecule has 0 spiro atoms. The van der Waals surface area contributed by atoms with E-state index in [1.165, 1.54) is 27.8 Å². The lowest BCUT2D eigenvalue weighted by Gasteiger charge is -2.07. The molecule has 1 N–H and O–H groups in total. The second-order valence-electron chi connectivity index (χ2n) is 6.22. The molecule has 0 radical (unpaired) electrons. The molecule has 0 saturated carbocycles. The topological polar surface area (TPSA) is 54.9 Å². The van der Waals surface area contributed by atoms with E-state index >= 15 is 0 Å². The predicted molar refractivity (Wildman–Crippen MR) is 118 cm³/mol. The Balaban J connectivity index is 1.46. The van der Waals surface area contributed by atoms with Crippen LogP contribution in [0.5, 0.6) is 0 Å². The number of benzene rings is 1. The molecule has 1 amide bonds. The van der Waals surface area contributed by atoms with Gasteiger partial charge in [0.05, 0.1) is 5.75 Å². The highest BCUT2D eigenvalue weighted by Crippen LogP contribution is 2.34. The average Bonchev–Trinajstić information content (AvgIpc) is 2.94. The molecule has 7 heteroatoms. The zero-order chi connectivity index (χ0) is 19.2. The maximum absolute atomic E-state index is 12.2. The Morgan fingerprint density at radius 2 is 1.93 bits per heavy atom. The maximum Gasteiger partial charge on any atom is 0.230 e. The smallest absolute Gasteiger partial charge is 0.230 e. The molecule has 27 heavy (non-hydrogen) atoms. The van der Waals surface area contributed by atoms with E-state index in [4.69, 9.17) is 0 Å². The fraction of sp³-hybridized carbons (Fsp3) is 0.350. The summed E-state index contributed by atoms with van der Waals surface area (Å²) < 4.78 is 0. The van der Waals surface area contributed by atoms with Gasteiger partial charge in [-0.1, -0.05) is 42.1 Å². The number of hydrogen-bond donors (Lipinski definition) is 1. The van der Waals surface area contributed by atoms with Gasteiger partial charge in [0, 0.05) is 28.3 Å². The second-order valence-corrected chi connectivity index (χ2v) is 9.49. The van der Waals surface area contributed by atoms with Gasteiger partial charge < -0.3 is 5.32 Å². The van der Waals surface area contributed by atoms with Crippen molar-refractivity contribution >= 4 is 51.0 Å². The lowest BCUT2D eigenvalue weighted by atomic mass is 10.2. The lowest BCUT2D eigenvalue weighted by molar-refractivity contribution is -0.118. The molecule has 3 rings (SSSR count). The molecule has 0 aliphatic carbocycles. The SMILES string of the molecule is Cc1nc(SCC(=O)NCCSCc2ccccc2)c2c(C)c(C)sc2n1. The van der Waals surface area contributed by atoms with Crippen LogP contribution in [-0.2, 0) is 10.5 Å². The maximum atomic E-state index is 12.2. The zero-order valence-electron chi connectivity index (χ0n) is 15.7. The minimum Gasteiger partial charge on any atom is -0.355 e. The van der Waals surface area contributed by atoms with Gasteiger partial charge in [-0.05, 0) is 31.9 Å². The number of amides is 1. The molecule has 0 atom stereocenters. The molecular formula is C20H23N3OS3. The van der Waals surface area contributed by atoms with Crippen LogP contribution in [0.3, 0.4) is 0 Å². The van der Waals surface area contributed by atoms with Crippen molar-refractivity contribution in [2.75, 3.05) is 18.1 Å². The largest absolute Gasteiger partial charge is 0.355 e. The zero-order valence-corrected chi connectivity index (χ0v) is 18.2. The van der Waals surface area contributed by atoms with Crippen LogP contribution in [0.4, 0.5) is 0 Å². The first-order chi connectivity index (χ1) is 13.0. The quantitative estimate of drug-likeness (QED) is 0.325.